The van der Waals surface area contributed by atoms with Crippen molar-refractivity contribution < 1.29 is 4.79 Å². The van der Waals surface area contributed by atoms with Gasteiger partial charge < -0.3 is 14.8 Å². The third kappa shape index (κ3) is 4.22. The number of aromatic nitrogens is 2. The van der Waals surface area contributed by atoms with E-state index in [0.717, 1.165) is 49.8 Å². The number of rotatable bonds is 4. The van der Waals surface area contributed by atoms with Crippen LogP contribution in [0.3, 0.4) is 0 Å². The molecule has 5 nitrogen and oxygen atoms in total. The first-order chi connectivity index (χ1) is 11.2. The second-order valence-electron chi connectivity index (χ2n) is 6.93. The number of nitrogens with one attached hydrogen (secondary N) is 1. The van der Waals surface area contributed by atoms with Gasteiger partial charge in [-0.3, -0.25) is 0 Å². The van der Waals surface area contributed by atoms with Crippen LogP contribution in [-0.4, -0.2) is 51.1 Å². The predicted octanol–water partition coefficient (Wildman–Crippen LogP) is 2.67. The average Bonchev–Trinajstić information content (AvgIpc) is 3.17. The smallest absolute Gasteiger partial charge is 0.317 e. The summed E-state index contributed by atoms with van der Waals surface area (Å²) in [5.74, 6) is 1.65. The number of imidazole rings is 1. The van der Waals surface area contributed by atoms with E-state index >= 15 is 0 Å². The first-order valence-corrected chi connectivity index (χ1v) is 9.99. The number of amides is 2. The molecule has 0 aromatic carbocycles. The van der Waals surface area contributed by atoms with Gasteiger partial charge in [0.05, 0.1) is 0 Å². The van der Waals surface area contributed by atoms with E-state index in [2.05, 4.69) is 21.1 Å². The minimum atomic E-state index is 0.140. The quantitative estimate of drug-likeness (QED) is 0.920. The van der Waals surface area contributed by atoms with E-state index in [1.165, 1.54) is 12.8 Å². The summed E-state index contributed by atoms with van der Waals surface area (Å²) in [6.07, 6.45) is 12.7. The fourth-order valence-electron chi connectivity index (χ4n) is 3.82. The fraction of sp³-hybridized carbons (Fsp3) is 0.765. The van der Waals surface area contributed by atoms with E-state index < -0.39 is 0 Å². The second-order valence-corrected chi connectivity index (χ2v) is 8.07. The molecule has 2 heterocycles. The zero-order valence-corrected chi connectivity index (χ0v) is 15.0. The molecule has 0 radical (unpaired) electrons. The highest BCUT2D eigenvalue weighted by Crippen LogP contribution is 2.28. The minimum Gasteiger partial charge on any atom is -0.338 e. The molecule has 1 N–H and O–H groups in total. The van der Waals surface area contributed by atoms with Gasteiger partial charge in [0.25, 0.3) is 0 Å². The molecule has 2 amide bonds. The number of hydrogen-bond acceptors (Lipinski definition) is 3. The normalized spacial score (nSPS) is 28.1. The molecule has 2 aliphatic rings. The van der Waals surface area contributed by atoms with Crippen LogP contribution in [0.25, 0.3) is 0 Å². The monoisotopic (exact) mass is 336 g/mol. The molecule has 6 heteroatoms. The van der Waals surface area contributed by atoms with Crippen LogP contribution >= 0.6 is 11.8 Å². The summed E-state index contributed by atoms with van der Waals surface area (Å²) >= 11 is 1.93. The van der Waals surface area contributed by atoms with Gasteiger partial charge in [-0.05, 0) is 44.3 Å². The maximum absolute atomic E-state index is 12.6. The molecule has 128 valence electrons. The molecule has 1 aliphatic carbocycles. The fourth-order valence-corrected chi connectivity index (χ4v) is 4.62. The van der Waals surface area contributed by atoms with Crippen molar-refractivity contribution in [2.45, 2.75) is 49.8 Å². The molecule has 0 unspecified atom stereocenters. The predicted molar refractivity (Wildman–Crippen MR) is 94.7 cm³/mol. The van der Waals surface area contributed by atoms with Crippen molar-refractivity contribution in [2.75, 3.05) is 19.3 Å². The summed E-state index contributed by atoms with van der Waals surface area (Å²) in [7, 11) is 2.04. The van der Waals surface area contributed by atoms with Crippen molar-refractivity contribution in [2.24, 2.45) is 13.0 Å². The summed E-state index contributed by atoms with van der Waals surface area (Å²) in [6, 6.07) is 0.510. The SMILES string of the molecule is CS[C@@H]1CC[C@@H](NC(=O)N2CCC[C@H](Cc3nccn3C)C2)C1. The number of urea groups is 1. The average molecular weight is 337 g/mol. The van der Waals surface area contributed by atoms with E-state index in [-0.39, 0.29) is 6.03 Å². The Morgan fingerprint density at radius 2 is 2.30 bits per heavy atom. The van der Waals surface area contributed by atoms with Crippen LogP contribution in [0.15, 0.2) is 12.4 Å². The molecular weight excluding hydrogens is 308 g/mol. The van der Waals surface area contributed by atoms with Crippen LogP contribution in [-0.2, 0) is 13.5 Å². The van der Waals surface area contributed by atoms with Gasteiger partial charge in [-0.1, -0.05) is 0 Å². The van der Waals surface area contributed by atoms with Crippen LogP contribution < -0.4 is 5.32 Å². The summed E-state index contributed by atoms with van der Waals surface area (Å²) < 4.78 is 2.08. The second kappa shape index (κ2) is 7.60. The molecule has 1 aliphatic heterocycles. The molecule has 3 atom stereocenters. The van der Waals surface area contributed by atoms with Gasteiger partial charge in [-0.25, -0.2) is 9.78 Å². The van der Waals surface area contributed by atoms with Crippen LogP contribution in [0.5, 0.6) is 0 Å². The number of thioether (sulfide) groups is 1. The Labute approximate surface area is 143 Å². The van der Waals surface area contributed by atoms with Crippen LogP contribution in [0.2, 0.25) is 0 Å². The third-order valence-corrected chi connectivity index (χ3v) is 6.34. The molecule has 3 rings (SSSR count). The van der Waals surface area contributed by atoms with Crippen molar-refractivity contribution >= 4 is 17.8 Å². The molecular formula is C17H28N4OS. The molecule has 0 spiro atoms. The highest BCUT2D eigenvalue weighted by Gasteiger charge is 2.29. The van der Waals surface area contributed by atoms with Crippen molar-refractivity contribution in [3.8, 4) is 0 Å². The van der Waals surface area contributed by atoms with Gasteiger partial charge >= 0.3 is 6.03 Å². The zero-order valence-electron chi connectivity index (χ0n) is 14.2. The topological polar surface area (TPSA) is 50.2 Å². The number of aryl methyl sites for hydroxylation is 1. The standard InChI is InChI=1S/C17H28N4OS/c1-20-9-7-18-16(20)10-13-4-3-8-21(12-13)17(22)19-14-5-6-15(11-14)23-2/h7,9,13-15H,3-6,8,10-12H2,1-2H3,(H,19,22)/t13-,14-,15-/m1/s1. The number of nitrogens with zero attached hydrogens (tertiary/aromatic N) is 3. The van der Waals surface area contributed by atoms with Gasteiger partial charge in [0.15, 0.2) is 0 Å². The van der Waals surface area contributed by atoms with E-state index in [0.29, 0.717) is 12.0 Å². The number of likely N-dealkylation sites (tertiary alicyclic amines) is 1. The highest BCUT2D eigenvalue weighted by molar-refractivity contribution is 7.99. The molecule has 0 bridgehead atoms. The van der Waals surface area contributed by atoms with Crippen LogP contribution in [0.1, 0.15) is 37.9 Å². The Kier molecular flexibility index (Phi) is 5.51. The van der Waals surface area contributed by atoms with Gasteiger partial charge in [-0.2, -0.15) is 11.8 Å². The Morgan fingerprint density at radius 1 is 1.43 bits per heavy atom. The summed E-state index contributed by atoms with van der Waals surface area (Å²) in [5, 5.41) is 3.98. The zero-order chi connectivity index (χ0) is 16.2. The molecule has 2 fully saturated rings. The first-order valence-electron chi connectivity index (χ1n) is 8.70. The van der Waals surface area contributed by atoms with Crippen LogP contribution in [0, 0.1) is 5.92 Å². The first kappa shape index (κ1) is 16.7. The van der Waals surface area contributed by atoms with Crippen molar-refractivity contribution in [3.05, 3.63) is 18.2 Å². The molecule has 1 aromatic heterocycles. The molecule has 23 heavy (non-hydrogen) atoms. The summed E-state index contributed by atoms with van der Waals surface area (Å²) in [4.78, 5) is 19.0. The van der Waals surface area contributed by atoms with Gasteiger partial charge in [0.1, 0.15) is 5.82 Å². The number of hydrogen-bond donors (Lipinski definition) is 1. The van der Waals surface area contributed by atoms with Crippen molar-refractivity contribution in [1.29, 1.82) is 0 Å². The Balaban J connectivity index is 1.50. The Bertz CT molecular complexity index is 532. The van der Waals surface area contributed by atoms with E-state index in [9.17, 15) is 4.79 Å². The largest absolute Gasteiger partial charge is 0.338 e. The molecule has 1 saturated carbocycles. The van der Waals surface area contributed by atoms with E-state index in [1.54, 1.807) is 0 Å². The van der Waals surface area contributed by atoms with Crippen molar-refractivity contribution in [1.82, 2.24) is 19.8 Å². The van der Waals surface area contributed by atoms with Crippen LogP contribution in [0.4, 0.5) is 4.79 Å². The third-order valence-electron chi connectivity index (χ3n) is 5.24. The van der Waals surface area contributed by atoms with E-state index in [1.807, 2.05) is 36.1 Å². The lowest BCUT2D eigenvalue weighted by Gasteiger charge is -2.33. The number of piperidine rings is 1. The molecule has 1 saturated heterocycles. The summed E-state index contributed by atoms with van der Waals surface area (Å²) in [6.45, 7) is 1.75. The van der Waals surface area contributed by atoms with Gasteiger partial charge in [0.2, 0.25) is 0 Å². The lowest BCUT2D eigenvalue weighted by atomic mass is 9.94. The Hall–Kier alpha value is -1.17. The van der Waals surface area contributed by atoms with Gasteiger partial charge in [0, 0.05) is 50.2 Å². The lowest BCUT2D eigenvalue weighted by Crippen LogP contribution is -2.48. The van der Waals surface area contributed by atoms with E-state index in [4.69, 9.17) is 0 Å². The minimum absolute atomic E-state index is 0.140. The number of carbonyl (C=O) groups is 1. The number of carbonyl (C=O) groups excluding carboxylic acids is 1. The highest BCUT2D eigenvalue weighted by atomic mass is 32.2. The Morgan fingerprint density at radius 3 is 3.00 bits per heavy atom. The van der Waals surface area contributed by atoms with Crippen molar-refractivity contribution in [3.63, 3.8) is 0 Å². The lowest BCUT2D eigenvalue weighted by molar-refractivity contribution is 0.161. The molecule has 1 aromatic rings. The van der Waals surface area contributed by atoms with Gasteiger partial charge in [-0.15, -0.1) is 0 Å². The summed E-state index contributed by atoms with van der Waals surface area (Å²) in [5.41, 5.74) is 0. The maximum Gasteiger partial charge on any atom is 0.317 e. The maximum atomic E-state index is 12.6.